The van der Waals surface area contributed by atoms with Crippen LogP contribution in [0.25, 0.3) is 0 Å². The Bertz CT molecular complexity index is 1030. The molecule has 0 radical (unpaired) electrons. The van der Waals surface area contributed by atoms with E-state index in [1.807, 2.05) is 13.8 Å². The molecule has 31 heavy (non-hydrogen) atoms. The predicted octanol–water partition coefficient (Wildman–Crippen LogP) is 3.34. The summed E-state index contributed by atoms with van der Waals surface area (Å²) in [4.78, 5) is 17.3. The molecule has 1 amide bonds. The molecule has 0 aliphatic carbocycles. The maximum absolute atomic E-state index is 13.5. The minimum Gasteiger partial charge on any atom is -0.379 e. The largest absolute Gasteiger partial charge is 0.379 e. The van der Waals surface area contributed by atoms with Crippen LogP contribution in [0.15, 0.2) is 29.8 Å². The summed E-state index contributed by atoms with van der Waals surface area (Å²) in [7, 11) is -2.44. The van der Waals surface area contributed by atoms with Gasteiger partial charge in [0.15, 0.2) is 0 Å². The molecule has 2 aromatic rings. The fraction of sp³-hybridized carbons (Fsp3) is 0.474. The summed E-state index contributed by atoms with van der Waals surface area (Å²) >= 11 is 7.11. The van der Waals surface area contributed by atoms with Crippen LogP contribution in [0, 0.1) is 5.82 Å². The van der Waals surface area contributed by atoms with Crippen molar-refractivity contribution in [2.24, 2.45) is 0 Å². The first kappa shape index (κ1) is 24.0. The highest BCUT2D eigenvalue weighted by atomic mass is 35.5. The lowest BCUT2D eigenvalue weighted by atomic mass is 10.0. The van der Waals surface area contributed by atoms with Gasteiger partial charge in [-0.2, -0.15) is 17.4 Å². The van der Waals surface area contributed by atoms with Crippen molar-refractivity contribution in [3.63, 3.8) is 0 Å². The van der Waals surface area contributed by atoms with Gasteiger partial charge >= 0.3 is 0 Å². The maximum atomic E-state index is 13.5. The molecule has 0 saturated carbocycles. The molecular formula is C19H24ClFN4O4S2. The number of hydrogen-bond donors (Lipinski definition) is 2. The van der Waals surface area contributed by atoms with Crippen molar-refractivity contribution < 1.29 is 22.3 Å². The first-order valence-corrected chi connectivity index (χ1v) is 12.2. The number of amides is 1. The monoisotopic (exact) mass is 490 g/mol. The quantitative estimate of drug-likeness (QED) is 0.620. The van der Waals surface area contributed by atoms with Gasteiger partial charge in [0.1, 0.15) is 16.9 Å². The van der Waals surface area contributed by atoms with Gasteiger partial charge in [-0.3, -0.25) is 4.79 Å². The fourth-order valence-corrected chi connectivity index (χ4v) is 5.67. The van der Waals surface area contributed by atoms with E-state index in [0.29, 0.717) is 11.4 Å². The Morgan fingerprint density at radius 2 is 2.23 bits per heavy atom. The molecule has 2 N–H and O–H groups in total. The summed E-state index contributed by atoms with van der Waals surface area (Å²) in [5, 5.41) is 4.82. The Kier molecular flexibility index (Phi) is 7.34. The van der Waals surface area contributed by atoms with Crippen LogP contribution >= 0.6 is 22.9 Å². The molecule has 0 spiro atoms. The van der Waals surface area contributed by atoms with E-state index in [0.717, 1.165) is 10.4 Å². The topological polar surface area (TPSA) is 101 Å². The second-order valence-electron chi connectivity index (χ2n) is 7.74. The Hall–Kier alpha value is -1.63. The lowest BCUT2D eigenvalue weighted by molar-refractivity contribution is -0.120. The molecule has 3 rings (SSSR count). The molecule has 12 heteroatoms. The zero-order chi connectivity index (χ0) is 22.8. The molecule has 2 heterocycles. The summed E-state index contributed by atoms with van der Waals surface area (Å²) in [6, 6.07) is 2.14. The number of halogens is 2. The molecule has 8 nitrogen and oxygen atoms in total. The first-order chi connectivity index (χ1) is 14.5. The summed E-state index contributed by atoms with van der Waals surface area (Å²) in [6.07, 6.45) is 2.14. The van der Waals surface area contributed by atoms with Crippen LogP contribution in [0.4, 0.5) is 10.1 Å². The molecule has 170 valence electrons. The number of methoxy groups -OCH3 is 1. The number of carbonyl (C=O) groups excluding carboxylic acids is 1. The molecule has 2 atom stereocenters. The summed E-state index contributed by atoms with van der Waals surface area (Å²) in [6.45, 7) is 3.75. The standard InChI is InChI=1S/C19H24ClFN4O4S2/c1-19(2,29-3)6-8-25-16(17(26)23-12-4-5-14(21)13(20)10-12)11-15(24-31(25,27)28)18-22-7-9-30-18/h4-5,7,9-10,15-16,24H,6,8,11H2,1-3H3,(H,23,26)/t15-,16+/m1/s1. The number of benzene rings is 1. The molecule has 1 saturated heterocycles. The van der Waals surface area contributed by atoms with Gasteiger partial charge in [0.05, 0.1) is 16.7 Å². The highest BCUT2D eigenvalue weighted by Gasteiger charge is 2.44. The van der Waals surface area contributed by atoms with E-state index >= 15 is 0 Å². The summed E-state index contributed by atoms with van der Waals surface area (Å²) in [5.74, 6) is -1.15. The van der Waals surface area contributed by atoms with Crippen LogP contribution in [0.2, 0.25) is 5.02 Å². The molecular weight excluding hydrogens is 467 g/mol. The highest BCUT2D eigenvalue weighted by molar-refractivity contribution is 7.87. The van der Waals surface area contributed by atoms with Crippen molar-refractivity contribution in [3.8, 4) is 0 Å². The molecule has 0 unspecified atom stereocenters. The third-order valence-electron chi connectivity index (χ3n) is 5.13. The number of rotatable bonds is 7. The predicted molar refractivity (Wildman–Crippen MR) is 118 cm³/mol. The third-order valence-corrected chi connectivity index (χ3v) is 7.95. The van der Waals surface area contributed by atoms with Gasteiger partial charge in [0, 0.05) is 30.9 Å². The van der Waals surface area contributed by atoms with Crippen LogP contribution in [-0.2, 0) is 19.7 Å². The van der Waals surface area contributed by atoms with Gasteiger partial charge in [0.2, 0.25) is 5.91 Å². The normalized spacial score (nSPS) is 21.7. The van der Waals surface area contributed by atoms with Gasteiger partial charge in [-0.15, -0.1) is 11.3 Å². The van der Waals surface area contributed by atoms with Crippen LogP contribution in [0.3, 0.4) is 0 Å². The van der Waals surface area contributed by atoms with E-state index in [2.05, 4.69) is 15.0 Å². The average Bonchev–Trinajstić information content (AvgIpc) is 3.23. The summed E-state index contributed by atoms with van der Waals surface area (Å²) < 4.78 is 48.7. The molecule has 1 aromatic carbocycles. The van der Waals surface area contributed by atoms with Crippen LogP contribution < -0.4 is 10.0 Å². The minimum atomic E-state index is -3.98. The average molecular weight is 491 g/mol. The van der Waals surface area contributed by atoms with E-state index in [9.17, 15) is 17.6 Å². The Morgan fingerprint density at radius 3 is 2.84 bits per heavy atom. The Morgan fingerprint density at radius 1 is 1.48 bits per heavy atom. The SMILES string of the molecule is COC(C)(C)CCN1[C@H](C(=O)Nc2ccc(F)c(Cl)c2)C[C@H](c2nccs2)NS1(=O)=O. The van der Waals surface area contributed by atoms with Crippen molar-refractivity contribution in [3.05, 3.63) is 45.6 Å². The van der Waals surface area contributed by atoms with Gasteiger partial charge in [-0.05, 0) is 44.9 Å². The first-order valence-electron chi connectivity index (χ1n) is 9.52. The molecule has 1 fully saturated rings. The smallest absolute Gasteiger partial charge is 0.280 e. The second-order valence-corrected chi connectivity index (χ2v) is 10.7. The summed E-state index contributed by atoms with van der Waals surface area (Å²) in [5.41, 5.74) is -0.303. The van der Waals surface area contributed by atoms with Gasteiger partial charge in [-0.25, -0.2) is 9.37 Å². The Balaban J connectivity index is 1.88. The van der Waals surface area contributed by atoms with E-state index < -0.39 is 39.6 Å². The number of carbonyl (C=O) groups is 1. The van der Waals surface area contributed by atoms with E-state index in [-0.39, 0.29) is 23.7 Å². The lowest BCUT2D eigenvalue weighted by Gasteiger charge is -2.38. The third kappa shape index (κ3) is 5.79. The van der Waals surface area contributed by atoms with Crippen LogP contribution in [0.1, 0.15) is 37.7 Å². The van der Waals surface area contributed by atoms with Crippen molar-refractivity contribution >= 4 is 44.7 Å². The van der Waals surface area contributed by atoms with E-state index in [1.54, 1.807) is 18.7 Å². The molecule has 1 aliphatic rings. The number of thiazole rings is 1. The number of anilines is 1. The van der Waals surface area contributed by atoms with Crippen LogP contribution in [-0.4, -0.2) is 48.9 Å². The number of nitrogens with one attached hydrogen (secondary N) is 2. The van der Waals surface area contributed by atoms with Crippen molar-refractivity contribution in [1.82, 2.24) is 14.0 Å². The minimum absolute atomic E-state index is 0.0724. The van der Waals surface area contributed by atoms with Gasteiger partial charge in [0.25, 0.3) is 10.2 Å². The van der Waals surface area contributed by atoms with Crippen molar-refractivity contribution in [1.29, 1.82) is 0 Å². The number of aromatic nitrogens is 1. The van der Waals surface area contributed by atoms with E-state index in [4.69, 9.17) is 16.3 Å². The van der Waals surface area contributed by atoms with Gasteiger partial charge in [-0.1, -0.05) is 11.6 Å². The molecule has 0 bridgehead atoms. The second kappa shape index (κ2) is 9.47. The fourth-order valence-electron chi connectivity index (χ4n) is 3.16. The Labute approximate surface area is 189 Å². The number of nitrogens with zero attached hydrogens (tertiary/aromatic N) is 2. The van der Waals surface area contributed by atoms with Crippen molar-refractivity contribution in [2.45, 2.75) is 44.4 Å². The zero-order valence-electron chi connectivity index (χ0n) is 17.3. The maximum Gasteiger partial charge on any atom is 0.280 e. The molecule has 1 aliphatic heterocycles. The highest BCUT2D eigenvalue weighted by Crippen LogP contribution is 2.31. The molecule has 1 aromatic heterocycles. The van der Waals surface area contributed by atoms with E-state index in [1.165, 1.54) is 23.5 Å². The number of hydrogen-bond acceptors (Lipinski definition) is 6. The lowest BCUT2D eigenvalue weighted by Crippen LogP contribution is -2.58. The van der Waals surface area contributed by atoms with Crippen molar-refractivity contribution in [2.75, 3.05) is 19.0 Å². The zero-order valence-corrected chi connectivity index (χ0v) is 19.7. The van der Waals surface area contributed by atoms with Gasteiger partial charge < -0.3 is 10.1 Å². The van der Waals surface area contributed by atoms with Crippen LogP contribution in [0.5, 0.6) is 0 Å². The number of ether oxygens (including phenoxy) is 1.